The zero-order valence-electron chi connectivity index (χ0n) is 11.2. The maximum Gasteiger partial charge on any atom is 0.0639 e. The summed E-state index contributed by atoms with van der Waals surface area (Å²) in [6.07, 6.45) is 1.98. The molecular formula is C14H22BrNO2. The highest BCUT2D eigenvalue weighted by Crippen LogP contribution is 2.21. The van der Waals surface area contributed by atoms with Gasteiger partial charge < -0.3 is 14.8 Å². The quantitative estimate of drug-likeness (QED) is 0.708. The van der Waals surface area contributed by atoms with E-state index < -0.39 is 0 Å². The third-order valence-corrected chi connectivity index (χ3v) is 3.14. The number of ether oxygens (including phenoxy) is 2. The van der Waals surface area contributed by atoms with Gasteiger partial charge >= 0.3 is 0 Å². The molecule has 18 heavy (non-hydrogen) atoms. The van der Waals surface area contributed by atoms with Gasteiger partial charge in [-0.25, -0.2) is 0 Å². The predicted octanol–water partition coefficient (Wildman–Crippen LogP) is 3.48. The standard InChI is InChI=1S/C14H22BrNO2/c1-3-12-11-13(15)5-6-14(12)16-7-10-18-9-4-8-17-2/h5-6,11,16H,3-4,7-10H2,1-2H3. The van der Waals surface area contributed by atoms with Gasteiger partial charge in [0.15, 0.2) is 0 Å². The minimum atomic E-state index is 0.725. The first-order valence-electron chi connectivity index (χ1n) is 6.37. The summed E-state index contributed by atoms with van der Waals surface area (Å²) in [5.41, 5.74) is 2.52. The van der Waals surface area contributed by atoms with Crippen molar-refractivity contribution in [1.82, 2.24) is 0 Å². The van der Waals surface area contributed by atoms with Crippen LogP contribution in [0.15, 0.2) is 22.7 Å². The van der Waals surface area contributed by atoms with Gasteiger partial charge in [0.25, 0.3) is 0 Å². The summed E-state index contributed by atoms with van der Waals surface area (Å²) in [5.74, 6) is 0. The maximum atomic E-state index is 5.50. The van der Waals surface area contributed by atoms with Crippen LogP contribution in [0, 0.1) is 0 Å². The summed E-state index contributed by atoms with van der Waals surface area (Å²) in [4.78, 5) is 0. The number of nitrogens with one attached hydrogen (secondary N) is 1. The highest BCUT2D eigenvalue weighted by atomic mass is 79.9. The van der Waals surface area contributed by atoms with E-state index in [1.165, 1.54) is 11.3 Å². The van der Waals surface area contributed by atoms with E-state index in [0.29, 0.717) is 0 Å². The molecule has 4 heteroatoms. The lowest BCUT2D eigenvalue weighted by molar-refractivity contribution is 0.109. The SMILES string of the molecule is CCc1cc(Br)ccc1NCCOCCCOC. The number of halogens is 1. The highest BCUT2D eigenvalue weighted by molar-refractivity contribution is 9.10. The Hall–Kier alpha value is -0.580. The van der Waals surface area contributed by atoms with Crippen LogP contribution in [-0.4, -0.2) is 33.5 Å². The summed E-state index contributed by atoms with van der Waals surface area (Å²) in [6, 6.07) is 6.32. The van der Waals surface area contributed by atoms with Gasteiger partial charge in [-0.15, -0.1) is 0 Å². The molecule has 0 radical (unpaired) electrons. The Morgan fingerprint density at radius 3 is 2.78 bits per heavy atom. The van der Waals surface area contributed by atoms with Gasteiger partial charge in [-0.3, -0.25) is 0 Å². The van der Waals surface area contributed by atoms with Crippen LogP contribution < -0.4 is 5.32 Å². The van der Waals surface area contributed by atoms with Gasteiger partial charge in [0.05, 0.1) is 6.61 Å². The lowest BCUT2D eigenvalue weighted by Crippen LogP contribution is -2.11. The molecule has 1 aromatic rings. The van der Waals surface area contributed by atoms with E-state index in [1.807, 2.05) is 0 Å². The third kappa shape index (κ3) is 5.85. The van der Waals surface area contributed by atoms with Crippen LogP contribution >= 0.6 is 15.9 Å². The van der Waals surface area contributed by atoms with E-state index in [1.54, 1.807) is 7.11 Å². The maximum absolute atomic E-state index is 5.50. The Kier molecular flexibility index (Phi) is 8.05. The molecule has 0 spiro atoms. The Labute approximate surface area is 118 Å². The van der Waals surface area contributed by atoms with Crippen molar-refractivity contribution < 1.29 is 9.47 Å². The minimum Gasteiger partial charge on any atom is -0.385 e. The molecule has 0 unspecified atom stereocenters. The molecule has 0 saturated carbocycles. The molecule has 1 rings (SSSR count). The average molecular weight is 316 g/mol. The molecular weight excluding hydrogens is 294 g/mol. The zero-order valence-corrected chi connectivity index (χ0v) is 12.8. The molecule has 0 saturated heterocycles. The van der Waals surface area contributed by atoms with Crippen LogP contribution in [0.1, 0.15) is 18.9 Å². The van der Waals surface area contributed by atoms with E-state index in [2.05, 4.69) is 46.4 Å². The summed E-state index contributed by atoms with van der Waals surface area (Å²) < 4.78 is 11.6. The van der Waals surface area contributed by atoms with Crippen molar-refractivity contribution >= 4 is 21.6 Å². The first kappa shape index (κ1) is 15.5. The van der Waals surface area contributed by atoms with E-state index >= 15 is 0 Å². The molecule has 0 bridgehead atoms. The lowest BCUT2D eigenvalue weighted by atomic mass is 10.1. The van der Waals surface area contributed by atoms with E-state index in [4.69, 9.17) is 9.47 Å². The second-order valence-electron chi connectivity index (χ2n) is 4.04. The zero-order chi connectivity index (χ0) is 13.2. The van der Waals surface area contributed by atoms with Crippen molar-refractivity contribution in [2.75, 3.05) is 38.8 Å². The van der Waals surface area contributed by atoms with Gasteiger partial charge in [0, 0.05) is 37.0 Å². The molecule has 0 fully saturated rings. The molecule has 0 aliphatic rings. The van der Waals surface area contributed by atoms with Crippen molar-refractivity contribution in [3.63, 3.8) is 0 Å². The molecule has 0 aliphatic heterocycles. The minimum absolute atomic E-state index is 0.725. The summed E-state index contributed by atoms with van der Waals surface area (Å²) in [5, 5.41) is 3.41. The van der Waals surface area contributed by atoms with Gasteiger partial charge in [0.2, 0.25) is 0 Å². The number of aryl methyl sites for hydroxylation is 1. The Balaban J connectivity index is 2.22. The van der Waals surface area contributed by atoms with Crippen molar-refractivity contribution in [2.45, 2.75) is 19.8 Å². The summed E-state index contributed by atoms with van der Waals surface area (Å²) in [6.45, 7) is 5.25. The number of anilines is 1. The molecule has 1 N–H and O–H groups in total. The fourth-order valence-corrected chi connectivity index (χ4v) is 2.10. The van der Waals surface area contributed by atoms with E-state index in [9.17, 15) is 0 Å². The van der Waals surface area contributed by atoms with Crippen LogP contribution in [0.2, 0.25) is 0 Å². The molecule has 0 atom stereocenters. The van der Waals surface area contributed by atoms with E-state index in [0.717, 1.165) is 43.7 Å². The number of methoxy groups -OCH3 is 1. The molecule has 0 aromatic heterocycles. The van der Waals surface area contributed by atoms with Crippen molar-refractivity contribution in [1.29, 1.82) is 0 Å². The predicted molar refractivity (Wildman–Crippen MR) is 79.3 cm³/mol. The first-order valence-corrected chi connectivity index (χ1v) is 7.16. The summed E-state index contributed by atoms with van der Waals surface area (Å²) >= 11 is 3.49. The van der Waals surface area contributed by atoms with Crippen LogP contribution in [0.5, 0.6) is 0 Å². The molecule has 3 nitrogen and oxygen atoms in total. The molecule has 0 amide bonds. The first-order chi connectivity index (χ1) is 8.77. The lowest BCUT2D eigenvalue weighted by Gasteiger charge is -2.11. The van der Waals surface area contributed by atoms with E-state index in [-0.39, 0.29) is 0 Å². The third-order valence-electron chi connectivity index (χ3n) is 2.65. The normalized spacial score (nSPS) is 10.6. The number of hydrogen-bond donors (Lipinski definition) is 1. The molecule has 0 aliphatic carbocycles. The fraction of sp³-hybridized carbons (Fsp3) is 0.571. The Morgan fingerprint density at radius 1 is 1.22 bits per heavy atom. The monoisotopic (exact) mass is 315 g/mol. The molecule has 0 heterocycles. The highest BCUT2D eigenvalue weighted by Gasteiger charge is 2.00. The number of benzene rings is 1. The number of rotatable bonds is 9. The second-order valence-corrected chi connectivity index (χ2v) is 4.96. The van der Waals surface area contributed by atoms with Crippen LogP contribution in [-0.2, 0) is 15.9 Å². The summed E-state index contributed by atoms with van der Waals surface area (Å²) in [7, 11) is 1.71. The van der Waals surface area contributed by atoms with Gasteiger partial charge in [-0.05, 0) is 36.6 Å². The molecule has 102 valence electrons. The smallest absolute Gasteiger partial charge is 0.0639 e. The van der Waals surface area contributed by atoms with Crippen molar-refractivity contribution in [3.8, 4) is 0 Å². The Bertz CT molecular complexity index is 345. The topological polar surface area (TPSA) is 30.5 Å². The second kappa shape index (κ2) is 9.36. The molecule has 1 aromatic carbocycles. The Morgan fingerprint density at radius 2 is 2.06 bits per heavy atom. The average Bonchev–Trinajstić information content (AvgIpc) is 2.39. The van der Waals surface area contributed by atoms with Gasteiger partial charge in [-0.2, -0.15) is 0 Å². The van der Waals surface area contributed by atoms with Crippen molar-refractivity contribution in [2.24, 2.45) is 0 Å². The van der Waals surface area contributed by atoms with Crippen LogP contribution in [0.4, 0.5) is 5.69 Å². The number of hydrogen-bond acceptors (Lipinski definition) is 3. The van der Waals surface area contributed by atoms with Crippen LogP contribution in [0.3, 0.4) is 0 Å². The largest absolute Gasteiger partial charge is 0.385 e. The van der Waals surface area contributed by atoms with Gasteiger partial charge in [-0.1, -0.05) is 22.9 Å². The van der Waals surface area contributed by atoms with Crippen LogP contribution in [0.25, 0.3) is 0 Å². The van der Waals surface area contributed by atoms with Crippen molar-refractivity contribution in [3.05, 3.63) is 28.2 Å². The van der Waals surface area contributed by atoms with Gasteiger partial charge in [0.1, 0.15) is 0 Å². The fourth-order valence-electron chi connectivity index (χ4n) is 1.69.